The van der Waals surface area contributed by atoms with Crippen molar-refractivity contribution in [1.29, 1.82) is 0 Å². The summed E-state index contributed by atoms with van der Waals surface area (Å²) in [6.45, 7) is 46.8. The predicted octanol–water partition coefficient (Wildman–Crippen LogP) is -1.49. The standard InChI is InChI=1S/C42H63Si4.3ClH.Ti/c1-26-20-36(43(11,12)13)21-27(2)39(26)46(42-34(9)32(7)33(8)35(42)10,40-28(3)22-37(23-29(40)4)44(14,15)16)41-30(5)24-38(25-31(41)6)45(17,18)19;;;;/h20-25H,1-19H3;3*1H;/q-1;;;;+4/p-3. The van der Waals surface area contributed by atoms with E-state index in [1.165, 1.54) is 55.6 Å². The van der Waals surface area contributed by atoms with Crippen molar-refractivity contribution in [3.05, 3.63) is 92.0 Å². The molecule has 0 saturated heterocycles. The van der Waals surface area contributed by atoms with Crippen LogP contribution in [0.1, 0.15) is 55.6 Å². The van der Waals surface area contributed by atoms with Crippen molar-refractivity contribution in [2.75, 3.05) is 0 Å². The molecule has 0 aliphatic rings. The van der Waals surface area contributed by atoms with E-state index in [1.807, 2.05) is 0 Å². The van der Waals surface area contributed by atoms with Gasteiger partial charge in [-0.05, 0) is 41.5 Å². The summed E-state index contributed by atoms with van der Waals surface area (Å²) in [5, 5.41) is 11.2. The Morgan fingerprint density at radius 2 is 0.540 bits per heavy atom. The summed E-state index contributed by atoms with van der Waals surface area (Å²) in [5.41, 5.74) is 14.9. The smallest absolute Gasteiger partial charge is 1.00 e. The van der Waals surface area contributed by atoms with Crippen LogP contribution in [0.3, 0.4) is 0 Å². The molecule has 0 aliphatic carbocycles. The molecule has 0 amide bonds. The number of aryl methyl sites for hydroxylation is 6. The Labute approximate surface area is 345 Å². The fourth-order valence-corrected chi connectivity index (χ4v) is 19.4. The van der Waals surface area contributed by atoms with Gasteiger partial charge in [0.1, 0.15) is 8.07 Å². The number of hydrogen-bond acceptors (Lipinski definition) is 0. The molecule has 0 bridgehead atoms. The van der Waals surface area contributed by atoms with Gasteiger partial charge in [0.05, 0.1) is 24.2 Å². The van der Waals surface area contributed by atoms with E-state index in [0.717, 1.165) is 0 Å². The molecule has 0 aromatic heterocycles. The largest absolute Gasteiger partial charge is 4.00 e. The Bertz CT molecular complexity index is 1590. The molecule has 0 aliphatic heterocycles. The van der Waals surface area contributed by atoms with Crippen LogP contribution < -0.4 is 73.5 Å². The summed E-state index contributed by atoms with van der Waals surface area (Å²) in [5.74, 6) is 0. The molecule has 0 nitrogen and oxygen atoms in total. The first-order chi connectivity index (χ1) is 20.9. The molecule has 0 unspecified atom stereocenters. The van der Waals surface area contributed by atoms with Crippen molar-refractivity contribution in [3.63, 3.8) is 0 Å². The van der Waals surface area contributed by atoms with E-state index in [1.54, 1.807) is 36.3 Å². The van der Waals surface area contributed by atoms with Crippen LogP contribution in [0.15, 0.2) is 36.4 Å². The van der Waals surface area contributed by atoms with E-state index in [-0.39, 0.29) is 58.9 Å². The Kier molecular flexibility index (Phi) is 16.7. The number of halogens is 3. The molecular weight excluding hydrogens is 771 g/mol. The molecule has 8 heteroatoms. The maximum atomic E-state index is 2.60. The fraction of sp³-hybridized carbons (Fsp3) is 0.452. The third kappa shape index (κ3) is 8.55. The zero-order valence-electron chi connectivity index (χ0n) is 34.6. The summed E-state index contributed by atoms with van der Waals surface area (Å²) in [6.07, 6.45) is 0. The van der Waals surface area contributed by atoms with Crippen LogP contribution in [-0.2, 0) is 21.7 Å². The van der Waals surface area contributed by atoms with Gasteiger partial charge in [-0.15, -0.1) is 5.19 Å². The van der Waals surface area contributed by atoms with Gasteiger partial charge in [-0.25, -0.2) is 0 Å². The molecule has 272 valence electrons. The van der Waals surface area contributed by atoms with Crippen molar-refractivity contribution < 1.29 is 58.9 Å². The van der Waals surface area contributed by atoms with Crippen LogP contribution in [-0.4, -0.2) is 32.3 Å². The summed E-state index contributed by atoms with van der Waals surface area (Å²) in [6, 6.07) is 15.6. The average molecular weight is 835 g/mol. The second-order valence-corrected chi connectivity index (χ2v) is 36.6. The maximum Gasteiger partial charge on any atom is 4.00 e. The minimum Gasteiger partial charge on any atom is -1.00 e. The molecule has 0 N–H and O–H groups in total. The summed E-state index contributed by atoms with van der Waals surface area (Å²) < 4.78 is 0. The van der Waals surface area contributed by atoms with Gasteiger partial charge in [0.15, 0.2) is 0 Å². The SMILES string of the molecule is Cc1cc([Si](C)(C)C)cc(C)c1[Si](c1c(C)cc([Si](C)(C)C)cc1C)(c1c(C)cc([Si](C)(C)C)cc1C)[c-]1c(C)c(C)c(C)c1C.[Cl-].[Cl-].[Cl-].[Ti+4]. The first-order valence-electron chi connectivity index (χ1n) is 17.5. The molecule has 50 heavy (non-hydrogen) atoms. The molecule has 4 aromatic rings. The molecule has 0 fully saturated rings. The summed E-state index contributed by atoms with van der Waals surface area (Å²) in [7, 11) is -7.42. The van der Waals surface area contributed by atoms with E-state index in [9.17, 15) is 0 Å². The van der Waals surface area contributed by atoms with E-state index in [0.29, 0.717) is 0 Å². The average Bonchev–Trinajstić information content (AvgIpc) is 3.07. The molecule has 4 rings (SSSR count). The first-order valence-corrected chi connectivity index (χ1v) is 30.0. The van der Waals surface area contributed by atoms with Crippen LogP contribution in [0.5, 0.6) is 0 Å². The van der Waals surface area contributed by atoms with E-state index in [2.05, 4.69) is 165 Å². The molecule has 0 atom stereocenters. The summed E-state index contributed by atoms with van der Waals surface area (Å²) >= 11 is 0. The van der Waals surface area contributed by atoms with Gasteiger partial charge in [0.2, 0.25) is 0 Å². The fourth-order valence-electron chi connectivity index (χ4n) is 8.50. The first kappa shape index (κ1) is 49.5. The Hall–Kier alpha value is -0.538. The van der Waals surface area contributed by atoms with E-state index < -0.39 is 32.3 Å². The predicted molar refractivity (Wildman–Crippen MR) is 222 cm³/mol. The van der Waals surface area contributed by atoms with Gasteiger partial charge in [-0.3, -0.25) is 0 Å². The third-order valence-corrected chi connectivity index (χ3v) is 23.3. The zero-order valence-corrected chi connectivity index (χ0v) is 42.4. The second kappa shape index (κ2) is 16.9. The Morgan fingerprint density at radius 1 is 0.360 bits per heavy atom. The third-order valence-electron chi connectivity index (χ3n) is 11.1. The topological polar surface area (TPSA) is 0 Å². The van der Waals surface area contributed by atoms with E-state index >= 15 is 0 Å². The van der Waals surface area contributed by atoms with Crippen LogP contribution in [0.25, 0.3) is 0 Å². The van der Waals surface area contributed by atoms with Gasteiger partial charge in [0.25, 0.3) is 0 Å². The van der Waals surface area contributed by atoms with Crippen molar-refractivity contribution >= 4 is 68.6 Å². The van der Waals surface area contributed by atoms with Gasteiger partial charge < -0.3 is 37.2 Å². The van der Waals surface area contributed by atoms with Crippen molar-refractivity contribution in [1.82, 2.24) is 0 Å². The van der Waals surface area contributed by atoms with Crippen molar-refractivity contribution in [3.8, 4) is 0 Å². The number of hydrogen-bond donors (Lipinski definition) is 0. The van der Waals surface area contributed by atoms with Crippen LogP contribution >= 0.6 is 0 Å². The number of benzene rings is 3. The molecule has 0 spiro atoms. The molecule has 0 radical (unpaired) electrons. The van der Waals surface area contributed by atoms with Crippen molar-refractivity contribution in [2.24, 2.45) is 0 Å². The Balaban J connectivity index is 0.00000600. The molecule has 4 aromatic carbocycles. The van der Waals surface area contributed by atoms with Gasteiger partial charge >= 0.3 is 21.7 Å². The van der Waals surface area contributed by atoms with Crippen LogP contribution in [0.4, 0.5) is 0 Å². The summed E-state index contributed by atoms with van der Waals surface area (Å²) in [4.78, 5) is 0. The van der Waals surface area contributed by atoms with Crippen molar-refractivity contribution in [2.45, 2.75) is 128 Å². The monoisotopic (exact) mass is 832 g/mol. The molecule has 0 heterocycles. The van der Waals surface area contributed by atoms with Crippen LogP contribution in [0.2, 0.25) is 58.9 Å². The maximum absolute atomic E-state index is 2.87. The van der Waals surface area contributed by atoms with Gasteiger partial charge in [0, 0.05) is 0 Å². The second-order valence-electron chi connectivity index (χ2n) is 17.8. The van der Waals surface area contributed by atoms with Gasteiger partial charge in [-0.1, -0.05) is 188 Å². The minimum absolute atomic E-state index is 0. The normalized spacial score (nSPS) is 12.1. The van der Waals surface area contributed by atoms with Gasteiger partial charge in [-0.2, -0.15) is 22.3 Å². The minimum atomic E-state index is -2.87. The molecule has 0 saturated carbocycles. The van der Waals surface area contributed by atoms with E-state index in [4.69, 9.17) is 0 Å². The Morgan fingerprint density at radius 3 is 0.700 bits per heavy atom. The zero-order chi connectivity index (χ0) is 35.1. The quantitative estimate of drug-likeness (QED) is 0.121. The van der Waals surface area contributed by atoms with Crippen LogP contribution in [0, 0.1) is 69.2 Å². The number of rotatable bonds is 7. The molecular formula is C42H63Cl3Si4Ti.